The SMILES string of the molecule is CCCCCCOc1cccc(O)c1OC. The lowest BCUT2D eigenvalue weighted by molar-refractivity contribution is 0.278. The van der Waals surface area contributed by atoms with E-state index in [0.29, 0.717) is 18.1 Å². The minimum Gasteiger partial charge on any atom is -0.504 e. The van der Waals surface area contributed by atoms with Crippen LogP contribution in [0.5, 0.6) is 17.2 Å². The second-order valence-electron chi connectivity index (χ2n) is 3.72. The number of unbranched alkanes of at least 4 members (excludes halogenated alkanes) is 3. The summed E-state index contributed by atoms with van der Waals surface area (Å²) in [5.41, 5.74) is 0. The molecule has 1 aromatic carbocycles. The quantitative estimate of drug-likeness (QED) is 0.722. The van der Waals surface area contributed by atoms with Gasteiger partial charge in [0.2, 0.25) is 5.75 Å². The molecule has 0 radical (unpaired) electrons. The van der Waals surface area contributed by atoms with E-state index in [0.717, 1.165) is 6.42 Å². The molecule has 0 saturated heterocycles. The van der Waals surface area contributed by atoms with E-state index in [1.807, 2.05) is 0 Å². The Hall–Kier alpha value is -1.38. The highest BCUT2D eigenvalue weighted by molar-refractivity contribution is 5.50. The molecular formula is C13H20O3. The van der Waals surface area contributed by atoms with Crippen LogP contribution >= 0.6 is 0 Å². The summed E-state index contributed by atoms with van der Waals surface area (Å²) in [5, 5.41) is 9.53. The van der Waals surface area contributed by atoms with Crippen LogP contribution in [0, 0.1) is 0 Å². The van der Waals surface area contributed by atoms with Crippen LogP contribution in [0.1, 0.15) is 32.6 Å². The normalized spacial score (nSPS) is 10.1. The molecular weight excluding hydrogens is 204 g/mol. The lowest BCUT2D eigenvalue weighted by Crippen LogP contribution is -1.99. The van der Waals surface area contributed by atoms with Crippen molar-refractivity contribution in [1.29, 1.82) is 0 Å². The molecule has 0 atom stereocenters. The minimum absolute atomic E-state index is 0.119. The number of aromatic hydroxyl groups is 1. The first kappa shape index (κ1) is 12.7. The first-order valence-corrected chi connectivity index (χ1v) is 5.78. The number of methoxy groups -OCH3 is 1. The maximum absolute atomic E-state index is 9.53. The van der Waals surface area contributed by atoms with E-state index in [9.17, 15) is 5.11 Å². The van der Waals surface area contributed by atoms with Crippen molar-refractivity contribution < 1.29 is 14.6 Å². The monoisotopic (exact) mass is 224 g/mol. The van der Waals surface area contributed by atoms with Crippen LogP contribution in [0.4, 0.5) is 0 Å². The van der Waals surface area contributed by atoms with Crippen molar-refractivity contribution in [2.45, 2.75) is 32.6 Å². The van der Waals surface area contributed by atoms with Crippen LogP contribution in [0.3, 0.4) is 0 Å². The van der Waals surface area contributed by atoms with E-state index in [4.69, 9.17) is 9.47 Å². The molecule has 0 amide bonds. The van der Waals surface area contributed by atoms with Crippen molar-refractivity contribution in [3.63, 3.8) is 0 Å². The van der Waals surface area contributed by atoms with Crippen molar-refractivity contribution in [3.05, 3.63) is 18.2 Å². The van der Waals surface area contributed by atoms with Gasteiger partial charge in [0.15, 0.2) is 11.5 Å². The summed E-state index contributed by atoms with van der Waals surface area (Å²) in [5.74, 6) is 1.14. The zero-order valence-corrected chi connectivity index (χ0v) is 10.0. The van der Waals surface area contributed by atoms with Gasteiger partial charge in [-0.25, -0.2) is 0 Å². The number of phenolic OH excluding ortho intramolecular Hbond substituents is 1. The fraction of sp³-hybridized carbons (Fsp3) is 0.538. The Morgan fingerprint density at radius 3 is 2.69 bits per heavy atom. The average Bonchev–Trinajstić information content (AvgIpc) is 2.29. The number of ether oxygens (including phenoxy) is 2. The Labute approximate surface area is 97.0 Å². The Morgan fingerprint density at radius 2 is 2.00 bits per heavy atom. The summed E-state index contributed by atoms with van der Waals surface area (Å²) in [6.45, 7) is 2.85. The highest BCUT2D eigenvalue weighted by atomic mass is 16.5. The van der Waals surface area contributed by atoms with Gasteiger partial charge in [-0.05, 0) is 18.6 Å². The summed E-state index contributed by atoms with van der Waals surface area (Å²) < 4.78 is 10.6. The summed E-state index contributed by atoms with van der Waals surface area (Å²) in [4.78, 5) is 0. The predicted molar refractivity (Wildman–Crippen MR) is 64.3 cm³/mol. The van der Waals surface area contributed by atoms with Gasteiger partial charge in [-0.1, -0.05) is 32.3 Å². The van der Waals surface area contributed by atoms with E-state index in [2.05, 4.69) is 6.92 Å². The smallest absolute Gasteiger partial charge is 0.203 e. The third-order valence-electron chi connectivity index (χ3n) is 2.42. The summed E-state index contributed by atoms with van der Waals surface area (Å²) >= 11 is 0. The fourth-order valence-corrected chi connectivity index (χ4v) is 1.53. The molecule has 1 rings (SSSR count). The largest absolute Gasteiger partial charge is 0.504 e. The molecule has 0 unspecified atom stereocenters. The van der Waals surface area contributed by atoms with Crippen molar-refractivity contribution in [3.8, 4) is 17.2 Å². The number of hydrogen-bond acceptors (Lipinski definition) is 3. The highest BCUT2D eigenvalue weighted by Crippen LogP contribution is 2.35. The molecule has 0 spiro atoms. The molecule has 0 aliphatic heterocycles. The first-order chi connectivity index (χ1) is 7.79. The lowest BCUT2D eigenvalue weighted by Gasteiger charge is -2.11. The van der Waals surface area contributed by atoms with Crippen LogP contribution in [-0.2, 0) is 0 Å². The lowest BCUT2D eigenvalue weighted by atomic mass is 10.2. The molecule has 0 bridgehead atoms. The first-order valence-electron chi connectivity index (χ1n) is 5.78. The molecule has 3 nitrogen and oxygen atoms in total. The zero-order valence-electron chi connectivity index (χ0n) is 10.0. The molecule has 0 aliphatic rings. The van der Waals surface area contributed by atoms with Gasteiger partial charge >= 0.3 is 0 Å². The van der Waals surface area contributed by atoms with Crippen LogP contribution in [0.25, 0.3) is 0 Å². The van der Waals surface area contributed by atoms with Gasteiger partial charge in [0, 0.05) is 0 Å². The van der Waals surface area contributed by atoms with Crippen molar-refractivity contribution in [2.24, 2.45) is 0 Å². The predicted octanol–water partition coefficient (Wildman–Crippen LogP) is 3.36. The van der Waals surface area contributed by atoms with Gasteiger partial charge in [0.05, 0.1) is 13.7 Å². The van der Waals surface area contributed by atoms with E-state index in [-0.39, 0.29) is 5.75 Å². The van der Waals surface area contributed by atoms with Gasteiger partial charge in [-0.3, -0.25) is 0 Å². The van der Waals surface area contributed by atoms with Crippen molar-refractivity contribution in [1.82, 2.24) is 0 Å². The number of para-hydroxylation sites is 1. The zero-order chi connectivity index (χ0) is 11.8. The molecule has 1 N–H and O–H groups in total. The topological polar surface area (TPSA) is 38.7 Å². The fourth-order valence-electron chi connectivity index (χ4n) is 1.53. The Kier molecular flexibility index (Phi) is 5.54. The molecule has 0 heterocycles. The molecule has 3 heteroatoms. The van der Waals surface area contributed by atoms with Crippen molar-refractivity contribution in [2.75, 3.05) is 13.7 Å². The van der Waals surface area contributed by atoms with E-state index in [1.54, 1.807) is 18.2 Å². The number of rotatable bonds is 7. The van der Waals surface area contributed by atoms with E-state index < -0.39 is 0 Å². The van der Waals surface area contributed by atoms with E-state index >= 15 is 0 Å². The second kappa shape index (κ2) is 6.99. The van der Waals surface area contributed by atoms with Gasteiger partial charge in [-0.2, -0.15) is 0 Å². The maximum atomic E-state index is 9.53. The van der Waals surface area contributed by atoms with Gasteiger partial charge in [0.25, 0.3) is 0 Å². The van der Waals surface area contributed by atoms with Gasteiger partial charge in [0.1, 0.15) is 0 Å². The maximum Gasteiger partial charge on any atom is 0.203 e. The molecule has 1 aromatic rings. The second-order valence-corrected chi connectivity index (χ2v) is 3.72. The molecule has 90 valence electrons. The van der Waals surface area contributed by atoms with Crippen LogP contribution < -0.4 is 9.47 Å². The number of hydrogen-bond donors (Lipinski definition) is 1. The summed E-state index contributed by atoms with van der Waals surface area (Å²) in [6, 6.07) is 5.14. The van der Waals surface area contributed by atoms with Crippen molar-refractivity contribution >= 4 is 0 Å². The average molecular weight is 224 g/mol. The standard InChI is InChI=1S/C13H20O3/c1-3-4-5-6-10-16-12-9-7-8-11(14)13(12)15-2/h7-9,14H,3-6,10H2,1-2H3. The van der Waals surface area contributed by atoms with Crippen LogP contribution in [0.2, 0.25) is 0 Å². The molecule has 16 heavy (non-hydrogen) atoms. The highest BCUT2D eigenvalue weighted by Gasteiger charge is 2.08. The summed E-state index contributed by atoms with van der Waals surface area (Å²) in [7, 11) is 1.53. The Morgan fingerprint density at radius 1 is 1.19 bits per heavy atom. The number of benzene rings is 1. The van der Waals surface area contributed by atoms with Crippen LogP contribution in [0.15, 0.2) is 18.2 Å². The van der Waals surface area contributed by atoms with Gasteiger partial charge in [-0.15, -0.1) is 0 Å². The van der Waals surface area contributed by atoms with Gasteiger partial charge < -0.3 is 14.6 Å². The third kappa shape index (κ3) is 3.65. The minimum atomic E-state index is 0.119. The Bertz CT molecular complexity index is 310. The molecule has 0 aliphatic carbocycles. The number of phenols is 1. The van der Waals surface area contributed by atoms with Crippen LogP contribution in [-0.4, -0.2) is 18.8 Å². The summed E-state index contributed by atoms with van der Waals surface area (Å²) in [6.07, 6.45) is 4.67. The third-order valence-corrected chi connectivity index (χ3v) is 2.42. The molecule has 0 saturated carbocycles. The van der Waals surface area contributed by atoms with E-state index in [1.165, 1.54) is 26.4 Å². The Balaban J connectivity index is 2.44. The molecule has 0 aromatic heterocycles. The molecule has 0 fully saturated rings.